The third-order valence-electron chi connectivity index (χ3n) is 3.42. The molecule has 4 heteroatoms. The van der Waals surface area contributed by atoms with Crippen LogP contribution in [-0.4, -0.2) is 31.2 Å². The zero-order valence-electron chi connectivity index (χ0n) is 9.63. The largest absolute Gasteiger partial charge is 0.363 e. The Hall–Kier alpha value is -1.39. The molecule has 3 aliphatic heterocycles. The van der Waals surface area contributed by atoms with Crippen LogP contribution in [0.1, 0.15) is 12.0 Å². The summed E-state index contributed by atoms with van der Waals surface area (Å²) in [5.41, 5.74) is 7.69. The fourth-order valence-electron chi connectivity index (χ4n) is 2.48. The van der Waals surface area contributed by atoms with Crippen LogP contribution in [-0.2, 0) is 16.0 Å². The number of carbonyl (C=O) groups excluding carboxylic acids is 1. The summed E-state index contributed by atoms with van der Waals surface area (Å²) in [4.78, 5) is 13.8. The van der Waals surface area contributed by atoms with Crippen LogP contribution in [0.2, 0.25) is 0 Å². The number of hydrogen-bond acceptors (Lipinski definition) is 3. The molecule has 3 heterocycles. The van der Waals surface area contributed by atoms with Gasteiger partial charge in [0.1, 0.15) is 6.10 Å². The third-order valence-corrected chi connectivity index (χ3v) is 3.42. The number of hydrogen-bond donors (Lipinski definition) is 1. The summed E-state index contributed by atoms with van der Waals surface area (Å²) in [7, 11) is 0. The van der Waals surface area contributed by atoms with Crippen LogP contribution >= 0.6 is 0 Å². The molecule has 0 saturated carbocycles. The maximum atomic E-state index is 12.0. The molecule has 0 radical (unpaired) electrons. The van der Waals surface area contributed by atoms with Crippen LogP contribution in [0.5, 0.6) is 0 Å². The lowest BCUT2D eigenvalue weighted by Gasteiger charge is -2.46. The van der Waals surface area contributed by atoms with Crippen LogP contribution < -0.4 is 10.6 Å². The number of nitrogens with zero attached hydrogens (tertiary/aromatic N) is 1. The van der Waals surface area contributed by atoms with Gasteiger partial charge >= 0.3 is 0 Å². The van der Waals surface area contributed by atoms with Gasteiger partial charge in [-0.1, -0.05) is 12.1 Å². The van der Waals surface area contributed by atoms with Crippen LogP contribution in [0.25, 0.3) is 0 Å². The number of nitrogens with two attached hydrogens (primary N) is 1. The van der Waals surface area contributed by atoms with E-state index in [2.05, 4.69) is 6.07 Å². The molecule has 3 aliphatic rings. The predicted molar refractivity (Wildman–Crippen MR) is 64.8 cm³/mol. The molecule has 2 bridgehead atoms. The lowest BCUT2D eigenvalue weighted by Crippen LogP contribution is -2.61. The summed E-state index contributed by atoms with van der Waals surface area (Å²) in [6.45, 7) is 1.31. The van der Waals surface area contributed by atoms with Gasteiger partial charge in [0.05, 0.1) is 12.6 Å². The van der Waals surface area contributed by atoms with Gasteiger partial charge < -0.3 is 15.4 Å². The Kier molecular flexibility index (Phi) is 2.61. The van der Waals surface area contributed by atoms with Crippen molar-refractivity contribution < 1.29 is 9.53 Å². The van der Waals surface area contributed by atoms with E-state index in [1.165, 1.54) is 5.56 Å². The molecule has 90 valence electrons. The second-order valence-electron chi connectivity index (χ2n) is 4.64. The number of piperidine rings is 1. The summed E-state index contributed by atoms with van der Waals surface area (Å²) in [6.07, 6.45) is 1.76. The first-order valence-corrected chi connectivity index (χ1v) is 6.04. The van der Waals surface area contributed by atoms with Crippen LogP contribution in [0.3, 0.4) is 0 Å². The van der Waals surface area contributed by atoms with E-state index in [9.17, 15) is 4.79 Å². The highest BCUT2D eigenvalue weighted by Gasteiger charge is 2.45. The number of rotatable bonds is 3. The summed E-state index contributed by atoms with van der Waals surface area (Å²) >= 11 is 0. The molecule has 3 saturated heterocycles. The number of anilines is 1. The quantitative estimate of drug-likeness (QED) is 0.834. The molecular weight excluding hydrogens is 216 g/mol. The van der Waals surface area contributed by atoms with Crippen molar-refractivity contribution in [3.63, 3.8) is 0 Å². The predicted octanol–water partition coefficient (Wildman–Crippen LogP) is 0.692. The third kappa shape index (κ3) is 1.83. The average Bonchev–Trinajstić information content (AvgIpc) is 2.28. The monoisotopic (exact) mass is 232 g/mol. The number of morpholine rings is 1. The van der Waals surface area contributed by atoms with Crippen LogP contribution in [0.15, 0.2) is 24.3 Å². The van der Waals surface area contributed by atoms with Crippen molar-refractivity contribution in [2.45, 2.75) is 25.0 Å². The average molecular weight is 232 g/mol. The molecule has 4 rings (SSSR count). The fourth-order valence-corrected chi connectivity index (χ4v) is 2.48. The van der Waals surface area contributed by atoms with Crippen molar-refractivity contribution in [1.82, 2.24) is 0 Å². The molecule has 1 aromatic carbocycles. The van der Waals surface area contributed by atoms with Crippen molar-refractivity contribution in [3.05, 3.63) is 29.8 Å². The zero-order valence-corrected chi connectivity index (χ0v) is 9.63. The van der Waals surface area contributed by atoms with Gasteiger partial charge in [-0.3, -0.25) is 4.79 Å². The molecule has 0 spiro atoms. The van der Waals surface area contributed by atoms with Crippen molar-refractivity contribution in [2.24, 2.45) is 5.73 Å². The molecule has 0 aromatic heterocycles. The molecule has 17 heavy (non-hydrogen) atoms. The molecule has 1 amide bonds. The van der Waals surface area contributed by atoms with E-state index in [0.29, 0.717) is 13.1 Å². The van der Waals surface area contributed by atoms with Crippen molar-refractivity contribution in [3.8, 4) is 0 Å². The first kappa shape index (κ1) is 10.7. The number of ether oxygens (including phenoxy) is 1. The molecule has 2 atom stereocenters. The van der Waals surface area contributed by atoms with E-state index < -0.39 is 0 Å². The molecule has 4 nitrogen and oxygen atoms in total. The number of benzene rings is 1. The topological polar surface area (TPSA) is 55.6 Å². The molecule has 2 unspecified atom stereocenters. The second-order valence-corrected chi connectivity index (χ2v) is 4.64. The van der Waals surface area contributed by atoms with E-state index in [4.69, 9.17) is 10.5 Å². The van der Waals surface area contributed by atoms with E-state index >= 15 is 0 Å². The summed E-state index contributed by atoms with van der Waals surface area (Å²) in [6, 6.07) is 8.05. The van der Waals surface area contributed by atoms with E-state index in [1.807, 2.05) is 23.1 Å². The highest BCUT2D eigenvalue weighted by Crippen LogP contribution is 2.32. The maximum absolute atomic E-state index is 12.0. The van der Waals surface area contributed by atoms with Gasteiger partial charge in [0.25, 0.3) is 5.91 Å². The van der Waals surface area contributed by atoms with Gasteiger partial charge in [0.2, 0.25) is 0 Å². The van der Waals surface area contributed by atoms with E-state index in [0.717, 1.165) is 18.5 Å². The number of carbonyl (C=O) groups is 1. The minimum Gasteiger partial charge on any atom is -0.363 e. The van der Waals surface area contributed by atoms with Crippen molar-refractivity contribution in [1.29, 1.82) is 0 Å². The second kappa shape index (κ2) is 4.13. The Labute approximate surface area is 100 Å². The SMILES string of the molecule is NCCc1cccc(N2CC3CC(O3)C2=O)c1. The standard InChI is InChI=1S/C13H16N2O2/c14-5-4-9-2-1-3-10(6-9)15-8-11-7-12(17-11)13(15)16/h1-3,6,11-12H,4-5,7-8,14H2. The molecule has 0 aliphatic carbocycles. The first-order chi connectivity index (χ1) is 8.28. The minimum atomic E-state index is -0.202. The zero-order chi connectivity index (χ0) is 11.8. The van der Waals surface area contributed by atoms with Crippen molar-refractivity contribution in [2.75, 3.05) is 18.0 Å². The minimum absolute atomic E-state index is 0.0948. The number of fused-ring (bicyclic) bond motifs is 2. The Balaban J connectivity index is 1.83. The Morgan fingerprint density at radius 1 is 1.47 bits per heavy atom. The maximum Gasteiger partial charge on any atom is 0.256 e. The summed E-state index contributed by atoms with van der Waals surface area (Å²) in [5, 5.41) is 0. The normalized spacial score (nSPS) is 26.9. The van der Waals surface area contributed by atoms with Gasteiger partial charge in [0, 0.05) is 12.1 Å². The summed E-state index contributed by atoms with van der Waals surface area (Å²) < 4.78 is 5.41. The highest BCUT2D eigenvalue weighted by atomic mass is 16.5. The Morgan fingerprint density at radius 2 is 2.29 bits per heavy atom. The van der Waals surface area contributed by atoms with Crippen LogP contribution in [0, 0.1) is 0 Å². The van der Waals surface area contributed by atoms with E-state index in [1.54, 1.807) is 0 Å². The molecule has 1 aromatic rings. The lowest BCUT2D eigenvalue weighted by atomic mass is 9.97. The fraction of sp³-hybridized carbons (Fsp3) is 0.462. The van der Waals surface area contributed by atoms with Gasteiger partial charge in [-0.05, 0) is 30.7 Å². The Bertz CT molecular complexity index is 441. The molecule has 3 fully saturated rings. The smallest absolute Gasteiger partial charge is 0.256 e. The van der Waals surface area contributed by atoms with Gasteiger partial charge in [-0.25, -0.2) is 0 Å². The first-order valence-electron chi connectivity index (χ1n) is 6.04. The van der Waals surface area contributed by atoms with Crippen molar-refractivity contribution >= 4 is 11.6 Å². The summed E-state index contributed by atoms with van der Waals surface area (Å²) in [5.74, 6) is 0.0948. The number of amides is 1. The van der Waals surface area contributed by atoms with Crippen LogP contribution in [0.4, 0.5) is 5.69 Å². The van der Waals surface area contributed by atoms with Gasteiger partial charge in [-0.15, -0.1) is 0 Å². The highest BCUT2D eigenvalue weighted by molar-refractivity contribution is 5.98. The Morgan fingerprint density at radius 3 is 3.00 bits per heavy atom. The van der Waals surface area contributed by atoms with E-state index in [-0.39, 0.29) is 18.1 Å². The van der Waals surface area contributed by atoms with Gasteiger partial charge in [-0.2, -0.15) is 0 Å². The molecule has 2 N–H and O–H groups in total. The molecular formula is C13H16N2O2. The lowest BCUT2D eigenvalue weighted by molar-refractivity contribution is -0.169. The van der Waals surface area contributed by atoms with Gasteiger partial charge in [0.15, 0.2) is 0 Å².